The topological polar surface area (TPSA) is 68.5 Å². The second kappa shape index (κ2) is 7.31. The number of nitrogens with one attached hydrogen (secondary N) is 1. The van der Waals surface area contributed by atoms with E-state index in [-0.39, 0.29) is 11.9 Å². The number of aromatic nitrogens is 2. The Bertz CT molecular complexity index is 1040. The molecule has 2 heterocycles. The molecule has 1 fully saturated rings. The SMILES string of the molecule is COCCNC(=O)c1cc2c(c3ccccc3n2CC2CC2)n1C(=O)N(C)C. The molecule has 1 aromatic carbocycles. The van der Waals surface area contributed by atoms with Crippen molar-refractivity contribution in [1.82, 2.24) is 19.4 Å². The van der Waals surface area contributed by atoms with Crippen LogP contribution < -0.4 is 5.32 Å². The number of nitrogens with zero attached hydrogens (tertiary/aromatic N) is 3. The molecule has 1 saturated carbocycles. The van der Waals surface area contributed by atoms with Gasteiger partial charge in [0.1, 0.15) is 5.69 Å². The summed E-state index contributed by atoms with van der Waals surface area (Å²) in [6.45, 7) is 1.73. The van der Waals surface area contributed by atoms with E-state index in [9.17, 15) is 9.59 Å². The van der Waals surface area contributed by atoms with Gasteiger partial charge in [-0.15, -0.1) is 0 Å². The first-order valence-corrected chi connectivity index (χ1v) is 9.64. The van der Waals surface area contributed by atoms with Gasteiger partial charge in [0.2, 0.25) is 0 Å². The first-order valence-electron chi connectivity index (χ1n) is 9.64. The van der Waals surface area contributed by atoms with Crippen LogP contribution in [0.4, 0.5) is 4.79 Å². The van der Waals surface area contributed by atoms with Gasteiger partial charge >= 0.3 is 6.03 Å². The van der Waals surface area contributed by atoms with Crippen molar-refractivity contribution in [1.29, 1.82) is 0 Å². The third kappa shape index (κ3) is 3.16. The number of ether oxygens (including phenoxy) is 1. The molecular weight excluding hydrogens is 356 g/mol. The first kappa shape index (κ1) is 18.6. The number of amides is 2. The highest BCUT2D eigenvalue weighted by Crippen LogP contribution is 2.37. The molecule has 28 heavy (non-hydrogen) atoms. The van der Waals surface area contributed by atoms with Crippen molar-refractivity contribution < 1.29 is 14.3 Å². The van der Waals surface area contributed by atoms with E-state index in [2.05, 4.69) is 16.0 Å². The quantitative estimate of drug-likeness (QED) is 0.667. The minimum absolute atomic E-state index is 0.235. The van der Waals surface area contributed by atoms with Crippen molar-refractivity contribution in [2.45, 2.75) is 19.4 Å². The van der Waals surface area contributed by atoms with Crippen molar-refractivity contribution in [3.05, 3.63) is 36.0 Å². The molecule has 1 N–H and O–H groups in total. The zero-order valence-electron chi connectivity index (χ0n) is 16.6. The Morgan fingerprint density at radius 1 is 1.21 bits per heavy atom. The molecule has 2 aromatic heterocycles. The minimum atomic E-state index is -0.273. The number of benzene rings is 1. The lowest BCUT2D eigenvalue weighted by atomic mass is 10.2. The molecule has 1 aliphatic carbocycles. The third-order valence-electron chi connectivity index (χ3n) is 5.26. The van der Waals surface area contributed by atoms with Crippen LogP contribution in [-0.2, 0) is 11.3 Å². The van der Waals surface area contributed by atoms with E-state index in [1.54, 1.807) is 25.8 Å². The molecule has 1 aliphatic rings. The minimum Gasteiger partial charge on any atom is -0.383 e. The van der Waals surface area contributed by atoms with Crippen LogP contribution in [0.2, 0.25) is 0 Å². The smallest absolute Gasteiger partial charge is 0.328 e. The van der Waals surface area contributed by atoms with Gasteiger partial charge in [-0.3, -0.25) is 9.36 Å². The molecule has 7 nitrogen and oxygen atoms in total. The highest BCUT2D eigenvalue weighted by molar-refractivity contribution is 6.14. The van der Waals surface area contributed by atoms with E-state index in [4.69, 9.17) is 4.74 Å². The van der Waals surface area contributed by atoms with E-state index in [0.29, 0.717) is 24.8 Å². The van der Waals surface area contributed by atoms with Gasteiger partial charge in [-0.1, -0.05) is 18.2 Å². The van der Waals surface area contributed by atoms with Gasteiger partial charge in [0.25, 0.3) is 5.91 Å². The van der Waals surface area contributed by atoms with Crippen LogP contribution in [0.25, 0.3) is 21.9 Å². The van der Waals surface area contributed by atoms with E-state index < -0.39 is 0 Å². The molecule has 0 saturated heterocycles. The Kier molecular flexibility index (Phi) is 4.85. The largest absolute Gasteiger partial charge is 0.383 e. The van der Waals surface area contributed by atoms with Gasteiger partial charge in [0, 0.05) is 39.7 Å². The van der Waals surface area contributed by atoms with Gasteiger partial charge < -0.3 is 19.5 Å². The summed E-state index contributed by atoms with van der Waals surface area (Å²) < 4.78 is 8.82. The Morgan fingerprint density at radius 2 is 1.96 bits per heavy atom. The summed E-state index contributed by atoms with van der Waals surface area (Å²) in [7, 11) is 4.99. The summed E-state index contributed by atoms with van der Waals surface area (Å²) in [4.78, 5) is 27.4. The Labute approximate surface area is 163 Å². The van der Waals surface area contributed by atoms with Gasteiger partial charge in [0.15, 0.2) is 0 Å². The summed E-state index contributed by atoms with van der Waals surface area (Å²) in [5, 5.41) is 3.83. The Balaban J connectivity index is 1.92. The zero-order chi connectivity index (χ0) is 19.8. The maximum absolute atomic E-state index is 13.0. The molecule has 2 amide bonds. The number of hydrogen-bond donors (Lipinski definition) is 1. The molecule has 4 rings (SSSR count). The second-order valence-corrected chi connectivity index (χ2v) is 7.60. The van der Waals surface area contributed by atoms with Gasteiger partial charge in [-0.2, -0.15) is 0 Å². The standard InChI is InChI=1S/C21H26N4O3/c1-23(2)21(27)25-18(20(26)22-10-11-28-3)12-17-19(25)15-6-4-5-7-16(15)24(17)13-14-8-9-14/h4-7,12,14H,8-11,13H2,1-3H3,(H,22,26). The zero-order valence-corrected chi connectivity index (χ0v) is 16.6. The van der Waals surface area contributed by atoms with Gasteiger partial charge in [0.05, 0.1) is 23.2 Å². The van der Waals surface area contributed by atoms with Crippen molar-refractivity contribution in [3.8, 4) is 0 Å². The van der Waals surface area contributed by atoms with Gasteiger partial charge in [-0.05, 0) is 30.9 Å². The number of fused-ring (bicyclic) bond motifs is 3. The van der Waals surface area contributed by atoms with Crippen LogP contribution in [0.1, 0.15) is 23.3 Å². The molecule has 148 valence electrons. The van der Waals surface area contributed by atoms with Crippen LogP contribution in [0.3, 0.4) is 0 Å². The predicted molar refractivity (Wildman–Crippen MR) is 109 cm³/mol. The van der Waals surface area contributed by atoms with E-state index in [0.717, 1.165) is 28.5 Å². The van der Waals surface area contributed by atoms with E-state index >= 15 is 0 Å². The normalized spacial score (nSPS) is 14.0. The van der Waals surface area contributed by atoms with Crippen molar-refractivity contribution in [2.75, 3.05) is 34.4 Å². The number of carbonyl (C=O) groups excluding carboxylic acids is 2. The fourth-order valence-corrected chi connectivity index (χ4v) is 3.68. The van der Waals surface area contributed by atoms with E-state index in [1.165, 1.54) is 17.7 Å². The van der Waals surface area contributed by atoms with Crippen LogP contribution in [-0.4, -0.2) is 60.3 Å². The average molecular weight is 382 g/mol. The maximum Gasteiger partial charge on any atom is 0.328 e. The molecule has 0 radical (unpaired) electrons. The molecule has 0 unspecified atom stereocenters. The number of para-hydroxylation sites is 1. The monoisotopic (exact) mass is 382 g/mol. The van der Waals surface area contributed by atoms with Crippen LogP contribution >= 0.6 is 0 Å². The Morgan fingerprint density at radius 3 is 2.64 bits per heavy atom. The van der Waals surface area contributed by atoms with Crippen molar-refractivity contribution in [2.24, 2.45) is 5.92 Å². The second-order valence-electron chi connectivity index (χ2n) is 7.60. The fraction of sp³-hybridized carbons (Fsp3) is 0.429. The maximum atomic E-state index is 13.0. The van der Waals surface area contributed by atoms with Crippen LogP contribution in [0.5, 0.6) is 0 Å². The highest BCUT2D eigenvalue weighted by Gasteiger charge is 2.28. The van der Waals surface area contributed by atoms with Crippen molar-refractivity contribution >= 4 is 33.9 Å². The molecule has 0 spiro atoms. The lowest BCUT2D eigenvalue weighted by molar-refractivity contribution is 0.0928. The van der Waals surface area contributed by atoms with Gasteiger partial charge in [-0.25, -0.2) is 4.79 Å². The molecule has 7 heteroatoms. The highest BCUT2D eigenvalue weighted by atomic mass is 16.5. The lowest BCUT2D eigenvalue weighted by Gasteiger charge is -2.15. The van der Waals surface area contributed by atoms with E-state index in [1.807, 2.05) is 24.3 Å². The summed E-state index contributed by atoms with van der Waals surface area (Å²) in [5.74, 6) is 0.399. The summed E-state index contributed by atoms with van der Waals surface area (Å²) >= 11 is 0. The fourth-order valence-electron chi connectivity index (χ4n) is 3.68. The van der Waals surface area contributed by atoms with Crippen molar-refractivity contribution in [3.63, 3.8) is 0 Å². The van der Waals surface area contributed by atoms with Crippen LogP contribution in [0.15, 0.2) is 30.3 Å². The summed E-state index contributed by atoms with van der Waals surface area (Å²) in [5.41, 5.74) is 3.19. The molecule has 0 bridgehead atoms. The lowest BCUT2D eigenvalue weighted by Crippen LogP contribution is -2.34. The number of rotatable bonds is 6. The average Bonchev–Trinajstić information content (AvgIpc) is 3.35. The molecule has 3 aromatic rings. The predicted octanol–water partition coefficient (Wildman–Crippen LogP) is 2.91. The number of carbonyl (C=O) groups is 2. The molecule has 0 atom stereocenters. The molecular formula is C21H26N4O3. The summed E-state index contributed by atoms with van der Waals surface area (Å²) in [6, 6.07) is 9.70. The third-order valence-corrected chi connectivity index (χ3v) is 5.26. The number of hydrogen-bond acceptors (Lipinski definition) is 3. The Hall–Kier alpha value is -2.80. The molecule has 0 aliphatic heterocycles. The summed E-state index contributed by atoms with van der Waals surface area (Å²) in [6.07, 6.45) is 2.46. The number of methoxy groups -OCH3 is 1. The first-order chi connectivity index (χ1) is 13.5. The van der Waals surface area contributed by atoms with Crippen LogP contribution in [0, 0.1) is 5.92 Å².